The van der Waals surface area contributed by atoms with E-state index in [4.69, 9.17) is 0 Å². The van der Waals surface area contributed by atoms with Gasteiger partial charge in [0.1, 0.15) is 5.69 Å². The van der Waals surface area contributed by atoms with Crippen molar-refractivity contribution >= 4 is 17.5 Å². The summed E-state index contributed by atoms with van der Waals surface area (Å²) in [5, 5.41) is 17.3. The largest absolute Gasteiger partial charge is 0.287 e. The first kappa shape index (κ1) is 17.8. The summed E-state index contributed by atoms with van der Waals surface area (Å²) in [6, 6.07) is 14.2. The van der Waals surface area contributed by atoms with Crippen molar-refractivity contribution in [3.05, 3.63) is 81.5 Å². The molecule has 0 atom stereocenters. The van der Waals surface area contributed by atoms with Gasteiger partial charge in [-0.3, -0.25) is 35.7 Å². The Bertz CT molecular complexity index is 993. The Balaban J connectivity index is 1.61. The van der Waals surface area contributed by atoms with E-state index in [0.29, 0.717) is 5.69 Å². The van der Waals surface area contributed by atoms with Gasteiger partial charge in [-0.15, -0.1) is 0 Å². The Kier molecular flexibility index (Phi) is 4.93. The van der Waals surface area contributed by atoms with Crippen molar-refractivity contribution in [3.8, 4) is 11.3 Å². The van der Waals surface area contributed by atoms with Crippen LogP contribution in [0.1, 0.15) is 26.4 Å². The molecule has 3 aromatic rings. The summed E-state index contributed by atoms with van der Waals surface area (Å²) in [7, 11) is 0. The SMILES string of the molecule is Cc1ccc(-c2cc(C(=O)NNC(=O)c3ccc([N+](=O)[O-])cc3)[nH]n2)cc1. The summed E-state index contributed by atoms with van der Waals surface area (Å²) in [4.78, 5) is 34.2. The molecule has 2 aromatic carbocycles. The highest BCUT2D eigenvalue weighted by molar-refractivity contribution is 5.98. The third kappa shape index (κ3) is 4.15. The number of aryl methyl sites for hydroxylation is 1. The number of aromatic nitrogens is 2. The number of H-pyrrole nitrogens is 1. The van der Waals surface area contributed by atoms with Gasteiger partial charge in [-0.1, -0.05) is 29.8 Å². The highest BCUT2D eigenvalue weighted by atomic mass is 16.6. The third-order valence-electron chi connectivity index (χ3n) is 3.80. The number of nitro groups is 1. The Morgan fingerprint density at radius 2 is 1.63 bits per heavy atom. The number of non-ortho nitro benzene ring substituents is 1. The van der Waals surface area contributed by atoms with Crippen LogP contribution in [0.4, 0.5) is 5.69 Å². The first-order valence-electron chi connectivity index (χ1n) is 7.91. The number of benzene rings is 2. The van der Waals surface area contributed by atoms with E-state index >= 15 is 0 Å². The molecule has 9 heteroatoms. The number of carbonyl (C=O) groups is 2. The molecule has 0 fully saturated rings. The molecule has 3 rings (SSSR count). The molecule has 0 unspecified atom stereocenters. The lowest BCUT2D eigenvalue weighted by Crippen LogP contribution is -2.41. The first-order chi connectivity index (χ1) is 12.9. The van der Waals surface area contributed by atoms with Crippen LogP contribution in [0, 0.1) is 17.0 Å². The number of rotatable bonds is 4. The van der Waals surface area contributed by atoms with Gasteiger partial charge < -0.3 is 0 Å². The molecule has 0 radical (unpaired) electrons. The predicted molar refractivity (Wildman–Crippen MR) is 96.8 cm³/mol. The number of nitrogens with one attached hydrogen (secondary N) is 3. The van der Waals surface area contributed by atoms with Crippen LogP contribution in [0.2, 0.25) is 0 Å². The Labute approximate surface area is 153 Å². The van der Waals surface area contributed by atoms with Crippen molar-refractivity contribution in [2.75, 3.05) is 0 Å². The maximum atomic E-state index is 12.1. The quantitative estimate of drug-likeness (QED) is 0.483. The second-order valence-electron chi connectivity index (χ2n) is 5.75. The molecule has 0 spiro atoms. The monoisotopic (exact) mass is 365 g/mol. The maximum absolute atomic E-state index is 12.1. The lowest BCUT2D eigenvalue weighted by Gasteiger charge is -2.05. The summed E-state index contributed by atoms with van der Waals surface area (Å²) in [5.74, 6) is -1.17. The smallest absolute Gasteiger partial charge is 0.272 e. The fourth-order valence-corrected chi connectivity index (χ4v) is 2.30. The number of aromatic amines is 1. The third-order valence-corrected chi connectivity index (χ3v) is 3.80. The summed E-state index contributed by atoms with van der Waals surface area (Å²) < 4.78 is 0. The minimum Gasteiger partial charge on any atom is -0.272 e. The topological polar surface area (TPSA) is 130 Å². The molecule has 2 amide bonds. The molecule has 0 aliphatic carbocycles. The average molecular weight is 365 g/mol. The van der Waals surface area contributed by atoms with Crippen molar-refractivity contribution < 1.29 is 14.5 Å². The minimum absolute atomic E-state index is 0.128. The van der Waals surface area contributed by atoms with Crippen molar-refractivity contribution in [2.45, 2.75) is 6.92 Å². The molecular formula is C18H15N5O4. The molecule has 3 N–H and O–H groups in total. The van der Waals surface area contributed by atoms with Gasteiger partial charge in [0.25, 0.3) is 17.5 Å². The van der Waals surface area contributed by atoms with E-state index in [-0.39, 0.29) is 16.9 Å². The van der Waals surface area contributed by atoms with Crippen LogP contribution in [0.5, 0.6) is 0 Å². The zero-order valence-electron chi connectivity index (χ0n) is 14.2. The molecule has 1 aromatic heterocycles. The first-order valence-corrected chi connectivity index (χ1v) is 7.91. The van der Waals surface area contributed by atoms with Crippen LogP contribution in [0.15, 0.2) is 54.6 Å². The summed E-state index contributed by atoms with van der Waals surface area (Å²) in [6.45, 7) is 1.97. The molecule has 1 heterocycles. The van der Waals surface area contributed by atoms with Crippen molar-refractivity contribution in [1.82, 2.24) is 21.0 Å². The number of hydrogen-bond acceptors (Lipinski definition) is 5. The predicted octanol–water partition coefficient (Wildman–Crippen LogP) is 2.37. The molecular weight excluding hydrogens is 350 g/mol. The van der Waals surface area contributed by atoms with Gasteiger partial charge in [-0.25, -0.2) is 0 Å². The van der Waals surface area contributed by atoms with Crippen molar-refractivity contribution in [2.24, 2.45) is 0 Å². The standard InChI is InChI=1S/C18H15N5O4/c1-11-2-4-12(5-3-11)15-10-16(20-19-15)18(25)22-21-17(24)13-6-8-14(9-7-13)23(26)27/h2-10H,1H3,(H,19,20)(H,21,24)(H,22,25). The highest BCUT2D eigenvalue weighted by Gasteiger charge is 2.13. The Morgan fingerprint density at radius 3 is 2.26 bits per heavy atom. The van der Waals surface area contributed by atoms with Gasteiger partial charge in [-0.2, -0.15) is 5.10 Å². The molecule has 0 saturated heterocycles. The molecule has 9 nitrogen and oxygen atoms in total. The van der Waals surface area contributed by atoms with E-state index in [2.05, 4.69) is 21.0 Å². The number of nitro benzene ring substituents is 1. The lowest BCUT2D eigenvalue weighted by atomic mass is 10.1. The minimum atomic E-state index is -0.600. The summed E-state index contributed by atoms with van der Waals surface area (Å²) >= 11 is 0. The molecule has 0 aliphatic rings. The van der Waals surface area contributed by atoms with Crippen LogP contribution >= 0.6 is 0 Å². The number of nitrogens with zero attached hydrogens (tertiary/aromatic N) is 2. The van der Waals surface area contributed by atoms with E-state index in [1.807, 2.05) is 31.2 Å². The van der Waals surface area contributed by atoms with E-state index in [9.17, 15) is 19.7 Å². The normalized spacial score (nSPS) is 10.3. The fourth-order valence-electron chi connectivity index (χ4n) is 2.30. The molecule has 136 valence electrons. The number of amides is 2. The van der Waals surface area contributed by atoms with Crippen LogP contribution in [0.25, 0.3) is 11.3 Å². The van der Waals surface area contributed by atoms with Gasteiger partial charge in [0.2, 0.25) is 0 Å². The van der Waals surface area contributed by atoms with Gasteiger partial charge in [-0.05, 0) is 25.1 Å². The Hall–Kier alpha value is -4.01. The van der Waals surface area contributed by atoms with E-state index in [1.165, 1.54) is 24.3 Å². The van der Waals surface area contributed by atoms with Crippen molar-refractivity contribution in [1.29, 1.82) is 0 Å². The zero-order chi connectivity index (χ0) is 19.4. The second-order valence-corrected chi connectivity index (χ2v) is 5.75. The lowest BCUT2D eigenvalue weighted by molar-refractivity contribution is -0.384. The fraction of sp³-hybridized carbons (Fsp3) is 0.0556. The van der Waals surface area contributed by atoms with Crippen LogP contribution in [-0.2, 0) is 0 Å². The van der Waals surface area contributed by atoms with Gasteiger partial charge in [0.05, 0.1) is 10.6 Å². The van der Waals surface area contributed by atoms with Crippen LogP contribution < -0.4 is 10.9 Å². The van der Waals surface area contributed by atoms with E-state index < -0.39 is 16.7 Å². The van der Waals surface area contributed by atoms with Crippen molar-refractivity contribution in [3.63, 3.8) is 0 Å². The van der Waals surface area contributed by atoms with Gasteiger partial charge in [0, 0.05) is 23.3 Å². The Morgan fingerprint density at radius 1 is 1.00 bits per heavy atom. The maximum Gasteiger partial charge on any atom is 0.287 e. The molecule has 27 heavy (non-hydrogen) atoms. The van der Waals surface area contributed by atoms with Gasteiger partial charge >= 0.3 is 0 Å². The number of hydrogen-bond donors (Lipinski definition) is 3. The van der Waals surface area contributed by atoms with E-state index in [1.54, 1.807) is 6.07 Å². The zero-order valence-corrected chi connectivity index (χ0v) is 14.2. The van der Waals surface area contributed by atoms with Gasteiger partial charge in [0.15, 0.2) is 0 Å². The number of carbonyl (C=O) groups excluding carboxylic acids is 2. The summed E-state index contributed by atoms with van der Waals surface area (Å²) in [5.41, 5.74) is 7.29. The second kappa shape index (κ2) is 7.48. The average Bonchev–Trinajstić information content (AvgIpc) is 3.16. The molecule has 0 aliphatic heterocycles. The number of hydrazine groups is 1. The van der Waals surface area contributed by atoms with Crippen LogP contribution in [-0.4, -0.2) is 26.9 Å². The van der Waals surface area contributed by atoms with E-state index in [0.717, 1.165) is 11.1 Å². The van der Waals surface area contributed by atoms with Crippen LogP contribution in [0.3, 0.4) is 0 Å². The molecule has 0 bridgehead atoms. The summed E-state index contributed by atoms with van der Waals surface area (Å²) in [6.07, 6.45) is 0. The highest BCUT2D eigenvalue weighted by Crippen LogP contribution is 2.18. The molecule has 0 saturated carbocycles.